The summed E-state index contributed by atoms with van der Waals surface area (Å²) in [6.45, 7) is 6.30. The number of ether oxygens (including phenoxy) is 2. The lowest BCUT2D eigenvalue weighted by Gasteiger charge is -2.33. The van der Waals surface area contributed by atoms with Crippen molar-refractivity contribution in [3.05, 3.63) is 48.1 Å². The molecule has 7 nitrogen and oxygen atoms in total. The molecule has 0 unspecified atom stereocenters. The molecule has 0 aliphatic carbocycles. The summed E-state index contributed by atoms with van der Waals surface area (Å²) < 4.78 is 10.3. The molecule has 0 spiro atoms. The van der Waals surface area contributed by atoms with Crippen LogP contribution >= 0.6 is 0 Å². The number of nitrogens with zero attached hydrogens (tertiary/aromatic N) is 1. The molecule has 1 aromatic rings. The fraction of sp³-hybridized carbons (Fsp3) is 0.478. The number of carbonyl (C=O) groups is 2. The van der Waals surface area contributed by atoms with Crippen LogP contribution in [-0.2, 0) is 14.3 Å². The highest BCUT2D eigenvalue weighted by Crippen LogP contribution is 2.26. The van der Waals surface area contributed by atoms with Crippen LogP contribution in [-0.4, -0.2) is 58.8 Å². The third-order valence-electron chi connectivity index (χ3n) is 5.01. The number of carbonyl (C=O) groups excluding carboxylic acids is 2. The molecule has 1 aromatic carbocycles. The number of nitrogens with one attached hydrogen (secondary N) is 2. The summed E-state index contributed by atoms with van der Waals surface area (Å²) in [7, 11) is 1.84. The number of amides is 1. The molecule has 164 valence electrons. The van der Waals surface area contributed by atoms with E-state index in [-0.39, 0.29) is 12.5 Å². The Balaban J connectivity index is 1.83. The minimum atomic E-state index is -0.149. The maximum absolute atomic E-state index is 12.5. The molecule has 1 aliphatic heterocycles. The summed E-state index contributed by atoms with van der Waals surface area (Å²) in [5, 5.41) is 6.02. The SMILES string of the molecule is CCOc1cccc(N2CCC(CNC(=O)C(/C=C\CNC)=C/COC=O)CC2)c1. The molecule has 1 aliphatic rings. The van der Waals surface area contributed by atoms with E-state index in [9.17, 15) is 9.59 Å². The molecule has 0 saturated carbocycles. The minimum Gasteiger partial charge on any atom is -0.494 e. The van der Waals surface area contributed by atoms with Crippen molar-refractivity contribution in [3.63, 3.8) is 0 Å². The number of piperidine rings is 1. The van der Waals surface area contributed by atoms with Crippen LogP contribution in [0.15, 0.2) is 48.1 Å². The van der Waals surface area contributed by atoms with E-state index >= 15 is 0 Å². The highest BCUT2D eigenvalue weighted by molar-refractivity contribution is 5.96. The van der Waals surface area contributed by atoms with Gasteiger partial charge in [-0.25, -0.2) is 0 Å². The Bertz CT molecular complexity index is 725. The van der Waals surface area contributed by atoms with Gasteiger partial charge in [-0.1, -0.05) is 18.2 Å². The average molecular weight is 416 g/mol. The fourth-order valence-electron chi connectivity index (χ4n) is 3.39. The van der Waals surface area contributed by atoms with Gasteiger partial charge in [0.1, 0.15) is 12.4 Å². The Morgan fingerprint density at radius 3 is 2.80 bits per heavy atom. The quantitative estimate of drug-likeness (QED) is 0.236. The monoisotopic (exact) mass is 415 g/mol. The first-order valence-corrected chi connectivity index (χ1v) is 10.5. The molecule has 7 heteroatoms. The van der Waals surface area contributed by atoms with E-state index in [1.807, 2.05) is 32.2 Å². The fourth-order valence-corrected chi connectivity index (χ4v) is 3.39. The van der Waals surface area contributed by atoms with Crippen LogP contribution < -0.4 is 20.3 Å². The van der Waals surface area contributed by atoms with E-state index in [0.29, 0.717) is 37.7 Å². The summed E-state index contributed by atoms with van der Waals surface area (Å²) in [6, 6.07) is 8.20. The molecule has 0 bridgehead atoms. The van der Waals surface area contributed by atoms with Crippen LogP contribution in [0.3, 0.4) is 0 Å². The summed E-state index contributed by atoms with van der Waals surface area (Å²) in [4.78, 5) is 25.2. The predicted octanol–water partition coefficient (Wildman–Crippen LogP) is 2.29. The van der Waals surface area contributed by atoms with E-state index in [4.69, 9.17) is 9.47 Å². The van der Waals surface area contributed by atoms with Crippen LogP contribution in [0.5, 0.6) is 5.75 Å². The molecular weight excluding hydrogens is 382 g/mol. The first-order chi connectivity index (χ1) is 14.7. The molecule has 1 heterocycles. The van der Waals surface area contributed by atoms with Gasteiger partial charge in [0.15, 0.2) is 0 Å². The van der Waals surface area contributed by atoms with Crippen molar-refractivity contribution < 1.29 is 19.1 Å². The van der Waals surface area contributed by atoms with Crippen molar-refractivity contribution in [2.75, 3.05) is 51.3 Å². The average Bonchev–Trinajstić information content (AvgIpc) is 2.77. The normalized spacial score (nSPS) is 15.3. The second-order valence-electron chi connectivity index (χ2n) is 7.12. The van der Waals surface area contributed by atoms with Gasteiger partial charge in [-0.3, -0.25) is 9.59 Å². The molecule has 0 radical (unpaired) electrons. The molecule has 0 atom stereocenters. The second kappa shape index (κ2) is 13.4. The van der Waals surface area contributed by atoms with E-state index in [0.717, 1.165) is 31.7 Å². The highest BCUT2D eigenvalue weighted by atomic mass is 16.5. The van der Waals surface area contributed by atoms with Crippen molar-refractivity contribution in [1.29, 1.82) is 0 Å². The zero-order valence-corrected chi connectivity index (χ0v) is 17.9. The minimum absolute atomic E-state index is 0.0787. The van der Waals surface area contributed by atoms with E-state index in [1.54, 1.807) is 12.2 Å². The van der Waals surface area contributed by atoms with Crippen LogP contribution in [0, 0.1) is 5.92 Å². The van der Waals surface area contributed by atoms with Gasteiger partial charge in [-0.05, 0) is 50.9 Å². The number of rotatable bonds is 12. The standard InChI is InChI=1S/C23H33N3O4/c1-3-30-22-8-4-7-21(16-22)26-13-9-19(10-14-26)17-25-23(28)20(6-5-12-24-2)11-15-29-18-27/h4-8,11,16,18-19,24H,3,9-10,12-15,17H2,1-2H3,(H,25,28)/b6-5-,20-11+. The Hall–Kier alpha value is -2.80. The van der Waals surface area contributed by atoms with E-state index in [2.05, 4.69) is 27.7 Å². The predicted molar refractivity (Wildman–Crippen MR) is 119 cm³/mol. The van der Waals surface area contributed by atoms with Gasteiger partial charge in [0.25, 0.3) is 12.4 Å². The van der Waals surface area contributed by atoms with Crippen LogP contribution in [0.25, 0.3) is 0 Å². The van der Waals surface area contributed by atoms with Gasteiger partial charge in [-0.2, -0.15) is 0 Å². The Labute approximate surface area is 179 Å². The second-order valence-corrected chi connectivity index (χ2v) is 7.12. The highest BCUT2D eigenvalue weighted by Gasteiger charge is 2.20. The van der Waals surface area contributed by atoms with Crippen LogP contribution in [0.1, 0.15) is 19.8 Å². The Morgan fingerprint density at radius 1 is 1.30 bits per heavy atom. The maximum Gasteiger partial charge on any atom is 0.293 e. The Morgan fingerprint density at radius 2 is 2.10 bits per heavy atom. The molecule has 30 heavy (non-hydrogen) atoms. The summed E-state index contributed by atoms with van der Waals surface area (Å²) in [6.07, 6.45) is 7.25. The van der Waals surface area contributed by atoms with Gasteiger partial charge in [0.05, 0.1) is 6.61 Å². The summed E-state index contributed by atoms with van der Waals surface area (Å²) in [5.74, 6) is 1.19. The first-order valence-electron chi connectivity index (χ1n) is 10.5. The lowest BCUT2D eigenvalue weighted by atomic mass is 9.96. The molecule has 1 saturated heterocycles. The maximum atomic E-state index is 12.5. The third kappa shape index (κ3) is 7.91. The molecule has 0 aromatic heterocycles. The molecule has 2 N–H and O–H groups in total. The van der Waals surface area contributed by atoms with Crippen molar-refractivity contribution in [2.24, 2.45) is 5.92 Å². The number of hydrogen-bond acceptors (Lipinski definition) is 6. The summed E-state index contributed by atoms with van der Waals surface area (Å²) in [5.41, 5.74) is 1.68. The van der Waals surface area contributed by atoms with Crippen LogP contribution in [0.2, 0.25) is 0 Å². The molecule has 1 fully saturated rings. The number of likely N-dealkylation sites (N-methyl/N-ethyl adjacent to an activating group) is 1. The van der Waals surface area contributed by atoms with E-state index < -0.39 is 0 Å². The van der Waals surface area contributed by atoms with Crippen molar-refractivity contribution >= 4 is 18.1 Å². The smallest absolute Gasteiger partial charge is 0.293 e. The third-order valence-corrected chi connectivity index (χ3v) is 5.01. The topological polar surface area (TPSA) is 79.9 Å². The zero-order valence-electron chi connectivity index (χ0n) is 17.9. The number of benzene rings is 1. The van der Waals surface area contributed by atoms with Crippen LogP contribution in [0.4, 0.5) is 5.69 Å². The number of anilines is 1. The van der Waals surface area contributed by atoms with Gasteiger partial charge >= 0.3 is 0 Å². The zero-order chi connectivity index (χ0) is 21.6. The van der Waals surface area contributed by atoms with Crippen molar-refractivity contribution in [1.82, 2.24) is 10.6 Å². The van der Waals surface area contributed by atoms with E-state index in [1.165, 1.54) is 5.69 Å². The molecule has 2 rings (SSSR count). The van der Waals surface area contributed by atoms with Gasteiger partial charge in [0, 0.05) is 43.5 Å². The number of hydrogen-bond donors (Lipinski definition) is 2. The molecular formula is C23H33N3O4. The van der Waals surface area contributed by atoms with Crippen molar-refractivity contribution in [2.45, 2.75) is 19.8 Å². The van der Waals surface area contributed by atoms with Gasteiger partial charge in [0.2, 0.25) is 0 Å². The first kappa shape index (κ1) is 23.5. The molecule has 1 amide bonds. The largest absolute Gasteiger partial charge is 0.494 e. The lowest BCUT2D eigenvalue weighted by Crippen LogP contribution is -2.39. The Kier molecular flexibility index (Phi) is 10.5. The summed E-state index contributed by atoms with van der Waals surface area (Å²) >= 11 is 0. The lowest BCUT2D eigenvalue weighted by molar-refractivity contribution is -0.127. The van der Waals surface area contributed by atoms with Gasteiger partial charge in [-0.15, -0.1) is 0 Å². The van der Waals surface area contributed by atoms with Gasteiger partial charge < -0.3 is 25.0 Å². The van der Waals surface area contributed by atoms with Crippen molar-refractivity contribution in [3.8, 4) is 5.75 Å².